The first-order valence-corrected chi connectivity index (χ1v) is 9.61. The van der Waals surface area contributed by atoms with Gasteiger partial charge in [0.2, 0.25) is 0 Å². The zero-order chi connectivity index (χ0) is 21.8. The van der Waals surface area contributed by atoms with Crippen molar-refractivity contribution < 1.29 is 22.7 Å². The smallest absolute Gasteiger partial charge is 0.435 e. The number of hydrogen-bond acceptors (Lipinski definition) is 5. The Bertz CT molecular complexity index is 1160. The summed E-state index contributed by atoms with van der Waals surface area (Å²) in [6.07, 6.45) is -2.20. The Balaban J connectivity index is 1.95. The third-order valence-corrected chi connectivity index (χ3v) is 5.68. The van der Waals surface area contributed by atoms with Crippen LogP contribution in [0.4, 0.5) is 13.2 Å². The van der Waals surface area contributed by atoms with Crippen LogP contribution >= 0.6 is 0 Å². The normalized spacial score (nSPS) is 21.9. The number of carbonyl (C=O) groups is 1. The van der Waals surface area contributed by atoms with Gasteiger partial charge in [-0.2, -0.15) is 18.0 Å². The second-order valence-electron chi connectivity index (χ2n) is 7.81. The fourth-order valence-corrected chi connectivity index (χ4v) is 4.21. The fraction of sp³-hybridized carbons (Fsp3) is 0.381. The monoisotopic (exact) mass is 418 g/mol. The van der Waals surface area contributed by atoms with Crippen molar-refractivity contribution >= 4 is 17.0 Å². The quantitative estimate of drug-likeness (QED) is 0.506. The summed E-state index contributed by atoms with van der Waals surface area (Å²) >= 11 is 0. The number of aromatic nitrogens is 3. The number of rotatable bonds is 3. The van der Waals surface area contributed by atoms with Gasteiger partial charge < -0.3 is 10.6 Å². The van der Waals surface area contributed by atoms with E-state index in [-0.39, 0.29) is 22.9 Å². The number of alkyl halides is 3. The molecule has 3 heterocycles. The largest absolute Gasteiger partial charge is 0.454 e. The number of ether oxygens (including phenoxy) is 1. The molecule has 0 spiro atoms. The molecule has 1 fully saturated rings. The Morgan fingerprint density at radius 1 is 1.33 bits per heavy atom. The highest BCUT2D eigenvalue weighted by Crippen LogP contribution is 2.45. The zero-order valence-electron chi connectivity index (χ0n) is 16.7. The number of carbonyl (C=O) groups excluding carboxylic acids is 1. The van der Waals surface area contributed by atoms with Crippen molar-refractivity contribution in [1.82, 2.24) is 14.9 Å². The van der Waals surface area contributed by atoms with Crippen LogP contribution in [0.25, 0.3) is 22.2 Å². The standard InChI is InChI=1S/C21H21F3N4O2/c1-4-20(10-12(3)19(29)30-20)14-8-11(2)7-13(9-14)15-5-6-26-18-16(15)17(21(22,23)24)27-28(18)25/h5-9,12H,4,10,25H2,1-3H3. The molecule has 0 amide bonds. The van der Waals surface area contributed by atoms with Crippen molar-refractivity contribution in [2.24, 2.45) is 5.92 Å². The number of pyridine rings is 1. The minimum Gasteiger partial charge on any atom is -0.454 e. The van der Waals surface area contributed by atoms with Crippen LogP contribution in [0, 0.1) is 12.8 Å². The van der Waals surface area contributed by atoms with Gasteiger partial charge in [-0.1, -0.05) is 31.5 Å². The van der Waals surface area contributed by atoms with E-state index in [1.165, 1.54) is 12.3 Å². The molecule has 2 aromatic heterocycles. The second-order valence-corrected chi connectivity index (χ2v) is 7.81. The van der Waals surface area contributed by atoms with Crippen LogP contribution < -0.4 is 5.84 Å². The molecule has 0 radical (unpaired) electrons. The molecule has 3 aromatic rings. The Labute approximate surface area is 170 Å². The van der Waals surface area contributed by atoms with Crippen molar-refractivity contribution in [2.75, 3.05) is 5.84 Å². The third-order valence-electron chi connectivity index (χ3n) is 5.68. The molecule has 30 heavy (non-hydrogen) atoms. The van der Waals surface area contributed by atoms with E-state index in [1.54, 1.807) is 12.1 Å². The molecule has 1 aliphatic rings. The molecule has 0 aliphatic carbocycles. The van der Waals surface area contributed by atoms with Crippen LogP contribution in [0.15, 0.2) is 30.5 Å². The van der Waals surface area contributed by atoms with E-state index in [4.69, 9.17) is 10.6 Å². The highest BCUT2D eigenvalue weighted by molar-refractivity contribution is 5.95. The maximum absolute atomic E-state index is 13.6. The van der Waals surface area contributed by atoms with E-state index in [1.807, 2.05) is 26.8 Å². The van der Waals surface area contributed by atoms with Crippen LogP contribution in [-0.4, -0.2) is 20.8 Å². The van der Waals surface area contributed by atoms with Gasteiger partial charge in [0.25, 0.3) is 0 Å². The lowest BCUT2D eigenvalue weighted by Crippen LogP contribution is -2.24. The second kappa shape index (κ2) is 6.72. The molecule has 2 unspecified atom stereocenters. The maximum atomic E-state index is 13.6. The molecule has 158 valence electrons. The van der Waals surface area contributed by atoms with Gasteiger partial charge in [0.15, 0.2) is 11.3 Å². The number of esters is 1. The molecule has 1 aliphatic heterocycles. The van der Waals surface area contributed by atoms with Crippen LogP contribution in [0.2, 0.25) is 0 Å². The van der Waals surface area contributed by atoms with Gasteiger partial charge in [-0.05, 0) is 42.2 Å². The van der Waals surface area contributed by atoms with E-state index in [9.17, 15) is 18.0 Å². The molecule has 2 atom stereocenters. The first kappa shape index (κ1) is 20.2. The number of nitrogens with zero attached hydrogens (tertiary/aromatic N) is 3. The maximum Gasteiger partial charge on any atom is 0.435 e. The predicted octanol–water partition coefficient (Wildman–Crippen LogP) is 4.33. The first-order chi connectivity index (χ1) is 14.1. The highest BCUT2D eigenvalue weighted by atomic mass is 19.4. The summed E-state index contributed by atoms with van der Waals surface area (Å²) in [4.78, 5) is 16.7. The molecule has 0 saturated carbocycles. The molecule has 6 nitrogen and oxygen atoms in total. The number of hydrogen-bond donors (Lipinski definition) is 1. The molecule has 1 aromatic carbocycles. The summed E-state index contributed by atoms with van der Waals surface area (Å²) in [5, 5.41) is 3.30. The average Bonchev–Trinajstić information content (AvgIpc) is 3.19. The molecule has 4 rings (SSSR count). The van der Waals surface area contributed by atoms with Crippen LogP contribution in [0.5, 0.6) is 0 Å². The number of nitrogens with two attached hydrogens (primary N) is 1. The first-order valence-electron chi connectivity index (χ1n) is 9.61. The minimum absolute atomic E-state index is 0.0611. The SMILES string of the molecule is CCC1(c2cc(C)cc(-c3ccnc4c3c(C(F)(F)F)nn4N)c2)CC(C)C(=O)O1. The summed E-state index contributed by atoms with van der Waals surface area (Å²) < 4.78 is 46.6. The summed E-state index contributed by atoms with van der Waals surface area (Å²) in [6.45, 7) is 5.60. The molecule has 0 bridgehead atoms. The van der Waals surface area contributed by atoms with Gasteiger partial charge in [-0.3, -0.25) is 4.79 Å². The van der Waals surface area contributed by atoms with Crippen LogP contribution in [0.3, 0.4) is 0 Å². The highest BCUT2D eigenvalue weighted by Gasteiger charge is 2.45. The molecular formula is C21H21F3N4O2. The lowest BCUT2D eigenvalue weighted by Gasteiger charge is -2.28. The Kier molecular flexibility index (Phi) is 4.52. The zero-order valence-corrected chi connectivity index (χ0v) is 16.7. The van der Waals surface area contributed by atoms with Crippen molar-refractivity contribution in [2.45, 2.75) is 45.4 Å². The summed E-state index contributed by atoms with van der Waals surface area (Å²) in [6, 6.07) is 6.99. The van der Waals surface area contributed by atoms with Gasteiger partial charge >= 0.3 is 12.1 Å². The van der Waals surface area contributed by atoms with Crippen molar-refractivity contribution in [3.05, 3.63) is 47.3 Å². The predicted molar refractivity (Wildman–Crippen MR) is 105 cm³/mol. The van der Waals surface area contributed by atoms with Crippen LogP contribution in [-0.2, 0) is 21.3 Å². The number of aryl methyl sites for hydroxylation is 1. The lowest BCUT2D eigenvalue weighted by molar-refractivity contribution is -0.151. The van der Waals surface area contributed by atoms with E-state index in [0.29, 0.717) is 28.8 Å². The topological polar surface area (TPSA) is 83.0 Å². The van der Waals surface area contributed by atoms with Gasteiger partial charge in [0.05, 0.1) is 11.3 Å². The van der Waals surface area contributed by atoms with E-state index < -0.39 is 17.5 Å². The molecule has 1 saturated heterocycles. The van der Waals surface area contributed by atoms with E-state index in [2.05, 4.69) is 10.1 Å². The van der Waals surface area contributed by atoms with Gasteiger partial charge in [-0.25, -0.2) is 4.98 Å². The Morgan fingerprint density at radius 2 is 2.07 bits per heavy atom. The molecule has 9 heteroatoms. The van der Waals surface area contributed by atoms with Crippen molar-refractivity contribution in [3.63, 3.8) is 0 Å². The number of nitrogen functional groups attached to an aromatic ring is 1. The van der Waals surface area contributed by atoms with Crippen molar-refractivity contribution in [3.8, 4) is 11.1 Å². The Morgan fingerprint density at radius 3 is 2.67 bits per heavy atom. The van der Waals surface area contributed by atoms with Gasteiger partial charge in [-0.15, -0.1) is 5.10 Å². The number of fused-ring (bicyclic) bond motifs is 1. The fourth-order valence-electron chi connectivity index (χ4n) is 4.21. The van der Waals surface area contributed by atoms with Gasteiger partial charge in [0.1, 0.15) is 5.60 Å². The van der Waals surface area contributed by atoms with Gasteiger partial charge in [0, 0.05) is 12.6 Å². The number of benzene rings is 1. The summed E-state index contributed by atoms with van der Waals surface area (Å²) in [5.74, 6) is 5.13. The third kappa shape index (κ3) is 3.09. The van der Waals surface area contributed by atoms with Crippen LogP contribution in [0.1, 0.15) is 43.5 Å². The average molecular weight is 418 g/mol. The van der Waals surface area contributed by atoms with E-state index in [0.717, 1.165) is 11.1 Å². The summed E-state index contributed by atoms with van der Waals surface area (Å²) in [5.41, 5.74) is 0.526. The minimum atomic E-state index is -4.69. The van der Waals surface area contributed by atoms with Crippen molar-refractivity contribution in [1.29, 1.82) is 0 Å². The lowest BCUT2D eigenvalue weighted by atomic mass is 9.83. The number of cyclic esters (lactones) is 1. The summed E-state index contributed by atoms with van der Waals surface area (Å²) in [7, 11) is 0. The molecular weight excluding hydrogens is 397 g/mol. The Hall–Kier alpha value is -3.10. The number of halogens is 3. The van der Waals surface area contributed by atoms with E-state index >= 15 is 0 Å². The molecule has 2 N–H and O–H groups in total.